The summed E-state index contributed by atoms with van der Waals surface area (Å²) >= 11 is 0. The molecule has 3 atom stereocenters. The van der Waals surface area contributed by atoms with Gasteiger partial charge in [0.25, 0.3) is 0 Å². The molecule has 1 fully saturated rings. The molecule has 1 aliphatic heterocycles. The lowest BCUT2D eigenvalue weighted by Crippen LogP contribution is -2.63. The number of piperazine rings is 1. The summed E-state index contributed by atoms with van der Waals surface area (Å²) in [4.78, 5) is 26.9. The number of aliphatic hydroxyl groups is 1. The van der Waals surface area contributed by atoms with Crippen molar-refractivity contribution in [1.82, 2.24) is 25.7 Å². The average Bonchev–Trinajstić information content (AvgIpc) is 2.89. The zero-order valence-electron chi connectivity index (χ0n) is 20.5. The third-order valence-electron chi connectivity index (χ3n) is 6.12. The quantitative estimate of drug-likeness (QED) is 0.382. The average molecular weight is 508 g/mol. The van der Waals surface area contributed by atoms with Crippen molar-refractivity contribution in [3.05, 3.63) is 89.5 Å². The highest BCUT2D eigenvalue weighted by Gasteiger charge is 2.38. The van der Waals surface area contributed by atoms with E-state index in [1.54, 1.807) is 23.2 Å². The molecule has 0 unspecified atom stereocenters. The number of amides is 2. The second kappa shape index (κ2) is 12.4. The topological polar surface area (TPSA) is 117 Å². The highest BCUT2D eigenvalue weighted by Crippen LogP contribution is 2.21. The lowest BCUT2D eigenvalue weighted by molar-refractivity contribution is -0.141. The third-order valence-corrected chi connectivity index (χ3v) is 6.12. The highest BCUT2D eigenvalue weighted by atomic mass is 19.1. The summed E-state index contributed by atoms with van der Waals surface area (Å²) in [6, 6.07) is 13.8. The van der Waals surface area contributed by atoms with Crippen LogP contribution in [0, 0.1) is 5.82 Å². The van der Waals surface area contributed by atoms with Crippen LogP contribution < -0.4 is 15.4 Å². The summed E-state index contributed by atoms with van der Waals surface area (Å²) < 4.78 is 20.1. The maximum absolute atomic E-state index is 14.4. The van der Waals surface area contributed by atoms with Gasteiger partial charge in [-0.05, 0) is 35.7 Å². The largest absolute Gasteiger partial charge is 0.489 e. The van der Waals surface area contributed by atoms with E-state index in [-0.39, 0.29) is 24.8 Å². The fourth-order valence-corrected chi connectivity index (χ4v) is 4.37. The molecule has 0 bridgehead atoms. The summed E-state index contributed by atoms with van der Waals surface area (Å²) in [6.45, 7) is 2.93. The van der Waals surface area contributed by atoms with Gasteiger partial charge in [-0.15, -0.1) is 0 Å². The van der Waals surface area contributed by atoms with Crippen LogP contribution in [0.2, 0.25) is 0 Å². The van der Waals surface area contributed by atoms with Gasteiger partial charge < -0.3 is 25.4 Å². The van der Waals surface area contributed by atoms with Crippen molar-refractivity contribution in [2.24, 2.45) is 0 Å². The number of carbonyl (C=O) groups is 2. The molecule has 0 radical (unpaired) electrons. The van der Waals surface area contributed by atoms with Crippen LogP contribution in [0.25, 0.3) is 0 Å². The number of nitrogens with one attached hydrogen (secondary N) is 2. The molecule has 1 aromatic heterocycles. The fourth-order valence-electron chi connectivity index (χ4n) is 4.37. The first-order valence-electron chi connectivity index (χ1n) is 12.1. The van der Waals surface area contributed by atoms with Gasteiger partial charge in [0.15, 0.2) is 0 Å². The van der Waals surface area contributed by atoms with E-state index < -0.39 is 24.0 Å². The van der Waals surface area contributed by atoms with Gasteiger partial charge in [-0.2, -0.15) is 10.2 Å². The Morgan fingerprint density at radius 3 is 2.73 bits per heavy atom. The fraction of sp³-hybridized carbons (Fsp3) is 0.333. The van der Waals surface area contributed by atoms with Crippen LogP contribution in [-0.4, -0.2) is 63.3 Å². The molecule has 9 nitrogen and oxygen atoms in total. The van der Waals surface area contributed by atoms with Crippen molar-refractivity contribution in [1.29, 1.82) is 0 Å². The second-order valence-electron chi connectivity index (χ2n) is 9.01. The minimum Gasteiger partial charge on any atom is -0.489 e. The van der Waals surface area contributed by atoms with Crippen LogP contribution in [0.3, 0.4) is 0 Å². The van der Waals surface area contributed by atoms with Crippen molar-refractivity contribution in [3.63, 3.8) is 0 Å². The van der Waals surface area contributed by atoms with E-state index in [9.17, 15) is 19.1 Å². The summed E-state index contributed by atoms with van der Waals surface area (Å²) in [5.74, 6) is -0.847. The van der Waals surface area contributed by atoms with E-state index in [4.69, 9.17) is 4.74 Å². The molecular formula is C27H30FN5O4. The summed E-state index contributed by atoms with van der Waals surface area (Å²) in [5.41, 5.74) is 2.26. The molecule has 0 saturated carbocycles. The predicted octanol–water partition coefficient (Wildman–Crippen LogP) is 1.60. The predicted molar refractivity (Wildman–Crippen MR) is 134 cm³/mol. The molecule has 3 N–H and O–H groups in total. The Balaban J connectivity index is 1.47. The molecule has 2 heterocycles. The number of rotatable bonds is 10. The molecule has 10 heteroatoms. The Morgan fingerprint density at radius 1 is 1.19 bits per heavy atom. The molecule has 37 heavy (non-hydrogen) atoms. The minimum atomic E-state index is -1.24. The lowest BCUT2D eigenvalue weighted by Gasteiger charge is -2.38. The van der Waals surface area contributed by atoms with Crippen LogP contribution in [-0.2, 0) is 29.2 Å². The van der Waals surface area contributed by atoms with Crippen molar-refractivity contribution in [3.8, 4) is 5.75 Å². The Kier molecular flexibility index (Phi) is 8.76. The molecular weight excluding hydrogens is 477 g/mol. The van der Waals surface area contributed by atoms with E-state index in [2.05, 4.69) is 20.8 Å². The van der Waals surface area contributed by atoms with Crippen LogP contribution in [0.4, 0.5) is 4.39 Å². The van der Waals surface area contributed by atoms with Gasteiger partial charge in [-0.3, -0.25) is 9.59 Å². The number of hydrogen-bond donors (Lipinski definition) is 3. The summed E-state index contributed by atoms with van der Waals surface area (Å²) in [5, 5.41) is 24.5. The van der Waals surface area contributed by atoms with Gasteiger partial charge in [0.1, 0.15) is 24.2 Å². The minimum absolute atomic E-state index is 0.0931. The maximum atomic E-state index is 14.4. The molecule has 0 spiro atoms. The van der Waals surface area contributed by atoms with Crippen LogP contribution in [0.5, 0.6) is 5.75 Å². The number of halogens is 1. The highest BCUT2D eigenvalue weighted by molar-refractivity contribution is 5.83. The van der Waals surface area contributed by atoms with Gasteiger partial charge >= 0.3 is 0 Å². The van der Waals surface area contributed by atoms with E-state index in [1.807, 2.05) is 30.3 Å². The smallest absolute Gasteiger partial charge is 0.242 e. The van der Waals surface area contributed by atoms with Crippen LogP contribution in [0.1, 0.15) is 23.6 Å². The molecule has 2 amide bonds. The van der Waals surface area contributed by atoms with E-state index in [0.717, 1.165) is 11.1 Å². The van der Waals surface area contributed by atoms with E-state index in [1.165, 1.54) is 25.3 Å². The summed E-state index contributed by atoms with van der Waals surface area (Å²) in [7, 11) is 0. The van der Waals surface area contributed by atoms with Gasteiger partial charge in [-0.25, -0.2) is 4.39 Å². The second-order valence-corrected chi connectivity index (χ2v) is 9.01. The Labute approximate surface area is 214 Å². The zero-order valence-corrected chi connectivity index (χ0v) is 20.5. The van der Waals surface area contributed by atoms with Gasteiger partial charge in [-0.1, -0.05) is 30.3 Å². The molecule has 1 saturated heterocycles. The normalized spacial score (nSPS) is 17.2. The number of aromatic nitrogens is 2. The number of aliphatic hydroxyl groups excluding tert-OH is 1. The Hall–Kier alpha value is -3.89. The van der Waals surface area contributed by atoms with Gasteiger partial charge in [0.2, 0.25) is 11.8 Å². The van der Waals surface area contributed by atoms with Crippen molar-refractivity contribution < 1.29 is 23.8 Å². The standard InChI is InChI=1S/C27H30FN5O4/c1-18(34)32-24(13-21-11-22(28)14-23(12-21)37-17-20-7-8-30-31-15-20)26(35)25-27(36)33(10-9-29-25)16-19-5-3-2-4-6-19/h2-8,11-12,14-15,24-26,29,35H,9-10,13,16-17H2,1H3,(H,32,34)/t24-,25-,26-/m0/s1. The first-order chi connectivity index (χ1) is 17.9. The van der Waals surface area contributed by atoms with Crippen molar-refractivity contribution in [2.45, 2.75) is 44.7 Å². The number of benzene rings is 2. The molecule has 194 valence electrons. The molecule has 2 aromatic carbocycles. The van der Waals surface area contributed by atoms with Crippen LogP contribution in [0.15, 0.2) is 67.0 Å². The first-order valence-corrected chi connectivity index (χ1v) is 12.1. The SMILES string of the molecule is CC(=O)N[C@@H](Cc1cc(F)cc(OCc2ccnnc2)c1)[C@H](O)[C@@H]1NCCN(Cc2ccccc2)C1=O. The Morgan fingerprint density at radius 2 is 2.00 bits per heavy atom. The maximum Gasteiger partial charge on any atom is 0.242 e. The monoisotopic (exact) mass is 507 g/mol. The Bertz CT molecular complexity index is 1200. The first kappa shape index (κ1) is 26.2. The number of nitrogens with zero attached hydrogens (tertiary/aromatic N) is 3. The molecule has 0 aliphatic carbocycles. The van der Waals surface area contributed by atoms with Crippen LogP contribution >= 0.6 is 0 Å². The summed E-state index contributed by atoms with van der Waals surface area (Å²) in [6.07, 6.45) is 1.94. The molecule has 4 rings (SSSR count). The number of hydrogen-bond acceptors (Lipinski definition) is 7. The van der Waals surface area contributed by atoms with Crippen molar-refractivity contribution in [2.75, 3.05) is 13.1 Å². The zero-order chi connectivity index (χ0) is 26.2. The number of ether oxygens (including phenoxy) is 1. The van der Waals surface area contributed by atoms with Gasteiger partial charge in [0.05, 0.1) is 18.3 Å². The van der Waals surface area contributed by atoms with Gasteiger partial charge in [0, 0.05) is 44.4 Å². The van der Waals surface area contributed by atoms with E-state index in [0.29, 0.717) is 30.9 Å². The third kappa shape index (κ3) is 7.31. The number of carbonyl (C=O) groups excluding carboxylic acids is 2. The van der Waals surface area contributed by atoms with Crippen molar-refractivity contribution >= 4 is 11.8 Å². The lowest BCUT2D eigenvalue weighted by atomic mass is 9.94. The molecule has 1 aliphatic rings. The molecule has 3 aromatic rings. The van der Waals surface area contributed by atoms with E-state index >= 15 is 0 Å².